The number of nitrogens with zero attached hydrogens (tertiary/aromatic N) is 2. The zero-order valence-electron chi connectivity index (χ0n) is 35.7. The van der Waals surface area contributed by atoms with Crippen molar-refractivity contribution in [1.29, 1.82) is 0 Å². The van der Waals surface area contributed by atoms with E-state index in [2.05, 4.69) is 18.4 Å². The molecule has 0 amide bonds. The lowest BCUT2D eigenvalue weighted by atomic mass is 9.77. The van der Waals surface area contributed by atoms with Crippen LogP contribution in [-0.4, -0.2) is 167 Å². The van der Waals surface area contributed by atoms with E-state index in [4.69, 9.17) is 33.2 Å². The monoisotopic (exact) mass is 787 g/mol. The van der Waals surface area contributed by atoms with Crippen molar-refractivity contribution < 1.29 is 58.4 Å². The maximum absolute atomic E-state index is 14.4. The molecule has 0 aliphatic carbocycles. The fraction of sp³-hybridized carbons (Fsp3) is 0.927. The summed E-state index contributed by atoms with van der Waals surface area (Å²) in [6.45, 7) is 23.2. The topological polar surface area (TPSA) is 169 Å². The van der Waals surface area contributed by atoms with Crippen LogP contribution >= 0.6 is 0 Å². The quantitative estimate of drug-likeness (QED) is 0.209. The number of aliphatic hydroxyl groups is 4. The summed E-state index contributed by atoms with van der Waals surface area (Å²) >= 11 is 0. The highest BCUT2D eigenvalue weighted by molar-refractivity contribution is 5.73. The summed E-state index contributed by atoms with van der Waals surface area (Å²) in [4.78, 5) is 18.6. The molecular formula is C41H74N2O12. The smallest absolute Gasteiger partial charge is 0.311 e. The van der Waals surface area contributed by atoms with Gasteiger partial charge in [-0.05, 0) is 87.7 Å². The fourth-order valence-electron chi connectivity index (χ4n) is 9.78. The second kappa shape index (κ2) is 18.3. The fourth-order valence-corrected chi connectivity index (χ4v) is 9.78. The number of likely N-dealkylation sites (N-methyl/N-ethyl adjacent to an activating group) is 1. The van der Waals surface area contributed by atoms with Gasteiger partial charge in [-0.1, -0.05) is 26.8 Å². The first-order valence-electron chi connectivity index (χ1n) is 20.4. The lowest BCUT2D eigenvalue weighted by Gasteiger charge is -2.51. The minimum absolute atomic E-state index is 0.110. The van der Waals surface area contributed by atoms with Crippen LogP contribution in [0.25, 0.3) is 0 Å². The van der Waals surface area contributed by atoms with Gasteiger partial charge in [-0.15, -0.1) is 6.58 Å². The van der Waals surface area contributed by atoms with Crippen molar-refractivity contribution in [3.63, 3.8) is 0 Å². The molecular weight excluding hydrogens is 712 g/mol. The highest BCUT2D eigenvalue weighted by Crippen LogP contribution is 2.41. The molecule has 4 aliphatic rings. The Labute approximate surface area is 329 Å². The van der Waals surface area contributed by atoms with Crippen molar-refractivity contribution >= 4 is 5.97 Å². The van der Waals surface area contributed by atoms with Crippen molar-refractivity contribution in [1.82, 2.24) is 9.80 Å². The predicted octanol–water partition coefficient (Wildman–Crippen LogP) is 2.86. The Balaban J connectivity index is 1.85. The number of ether oxygens (including phenoxy) is 7. The first-order valence-corrected chi connectivity index (χ1v) is 20.4. The minimum Gasteiger partial charge on any atom is -0.459 e. The number of fused-ring (bicyclic) bond motifs is 2. The normalized spacial score (nSPS) is 50.8. The predicted molar refractivity (Wildman–Crippen MR) is 206 cm³/mol. The molecule has 0 aromatic rings. The number of rotatable bonds is 8. The van der Waals surface area contributed by atoms with Crippen molar-refractivity contribution in [2.45, 2.75) is 191 Å². The molecule has 320 valence electrons. The minimum atomic E-state index is -1.57. The number of hydrogen-bond donors (Lipinski definition) is 4. The third kappa shape index (κ3) is 9.96. The molecule has 2 unspecified atom stereocenters. The van der Waals surface area contributed by atoms with E-state index in [1.54, 1.807) is 34.6 Å². The number of carbonyl (C=O) groups is 1. The van der Waals surface area contributed by atoms with Gasteiger partial charge in [0.1, 0.15) is 30.0 Å². The van der Waals surface area contributed by atoms with Gasteiger partial charge in [0.05, 0.1) is 54.2 Å². The largest absolute Gasteiger partial charge is 0.459 e. The Hall–Kier alpha value is -1.27. The van der Waals surface area contributed by atoms with Crippen LogP contribution in [0.15, 0.2) is 12.7 Å². The molecule has 20 atom stereocenters. The molecule has 55 heavy (non-hydrogen) atoms. The van der Waals surface area contributed by atoms with E-state index in [1.165, 1.54) is 7.11 Å². The standard InChI is InChI=1S/C41H74N2O12/c1-15-28-21-50-36-26(7)43(28)20-22(3)18-39(9,47)35(55-38-32(44)29(42(12)13)17-23(4)51-38)24(5)33(25(6)37(46)53-30(16-2)41(36,11)48)54-31-19-40(10,49-14)34(45)27(8)52-31/h15,22-36,38,44-45,47-48H,1,16-21H2,2-14H3/t22-,23-,24+,25-,26-,27+,28?,29+,30-,31+,32-,33+,34+,35-,36+,38-,39-,40-,41-/m1/s1. The highest BCUT2D eigenvalue weighted by atomic mass is 16.7. The third-order valence-electron chi connectivity index (χ3n) is 13.1. The first kappa shape index (κ1) is 46.4. The summed E-state index contributed by atoms with van der Waals surface area (Å²) in [5.74, 6) is -2.44. The number of morpholine rings is 1. The molecule has 0 saturated carbocycles. The molecule has 4 heterocycles. The summed E-state index contributed by atoms with van der Waals surface area (Å²) in [6, 6.07) is -0.722. The summed E-state index contributed by atoms with van der Waals surface area (Å²) in [6.07, 6.45) is -5.42. The molecule has 4 fully saturated rings. The number of esters is 1. The number of methoxy groups -OCH3 is 1. The van der Waals surface area contributed by atoms with E-state index >= 15 is 0 Å². The van der Waals surface area contributed by atoms with Crippen LogP contribution in [0.2, 0.25) is 0 Å². The van der Waals surface area contributed by atoms with Gasteiger partial charge in [-0.3, -0.25) is 9.69 Å². The van der Waals surface area contributed by atoms with Crippen LogP contribution in [0.1, 0.15) is 94.9 Å². The summed E-state index contributed by atoms with van der Waals surface area (Å²) in [5, 5.41) is 47.5. The summed E-state index contributed by atoms with van der Waals surface area (Å²) in [5.41, 5.74) is -4.12. The molecule has 0 aromatic carbocycles. The second-order valence-electron chi connectivity index (χ2n) is 18.0. The van der Waals surface area contributed by atoms with Gasteiger partial charge >= 0.3 is 5.97 Å². The van der Waals surface area contributed by atoms with Gasteiger partial charge in [0, 0.05) is 38.1 Å². The van der Waals surface area contributed by atoms with Gasteiger partial charge < -0.3 is 58.5 Å². The van der Waals surface area contributed by atoms with Crippen LogP contribution < -0.4 is 0 Å². The Kier molecular flexibility index (Phi) is 15.5. The third-order valence-corrected chi connectivity index (χ3v) is 13.1. The van der Waals surface area contributed by atoms with Gasteiger partial charge in [-0.2, -0.15) is 0 Å². The maximum Gasteiger partial charge on any atom is 0.311 e. The van der Waals surface area contributed by atoms with Gasteiger partial charge in [-0.25, -0.2) is 0 Å². The lowest BCUT2D eigenvalue weighted by Crippen LogP contribution is -2.65. The van der Waals surface area contributed by atoms with E-state index in [9.17, 15) is 25.2 Å². The molecule has 0 spiro atoms. The Morgan fingerprint density at radius 3 is 2.25 bits per heavy atom. The van der Waals surface area contributed by atoms with E-state index in [0.717, 1.165) is 0 Å². The van der Waals surface area contributed by atoms with Crippen LogP contribution in [-0.2, 0) is 38.0 Å². The second-order valence-corrected chi connectivity index (χ2v) is 18.0. The van der Waals surface area contributed by atoms with Crippen LogP contribution in [0.3, 0.4) is 0 Å². The molecule has 4 rings (SSSR count). The van der Waals surface area contributed by atoms with E-state index < -0.39 is 89.9 Å². The average molecular weight is 787 g/mol. The molecule has 2 bridgehead atoms. The molecule has 0 radical (unpaired) electrons. The zero-order valence-corrected chi connectivity index (χ0v) is 35.7. The van der Waals surface area contributed by atoms with Crippen LogP contribution in [0, 0.1) is 17.8 Å². The Morgan fingerprint density at radius 2 is 1.67 bits per heavy atom. The van der Waals surface area contributed by atoms with Crippen molar-refractivity contribution in [2.24, 2.45) is 17.8 Å². The van der Waals surface area contributed by atoms with E-state index in [0.29, 0.717) is 19.4 Å². The van der Waals surface area contributed by atoms with E-state index in [-0.39, 0.29) is 49.6 Å². The number of carbonyl (C=O) groups excluding carboxylic acids is 1. The number of aliphatic hydroxyl groups excluding tert-OH is 2. The SMILES string of the molecule is C=CC1CO[C@H]2[C@@H](C)N1C[C@H](C)C[C@@](C)(O)[C@H](O[C@H]1O[C@H](C)C[C@H](N(C)C)[C@H]1O)[C@@H](C)[C@H](O[C@H]1C[C@@](C)(OC)[C@@H](O)[C@H](C)O1)[C@@H](C)C(=O)O[C@H](CC)[C@@]2(C)O. The van der Waals surface area contributed by atoms with Crippen molar-refractivity contribution in [2.75, 3.05) is 34.4 Å². The van der Waals surface area contributed by atoms with E-state index in [1.807, 2.05) is 52.8 Å². The highest BCUT2D eigenvalue weighted by Gasteiger charge is 2.54. The summed E-state index contributed by atoms with van der Waals surface area (Å²) < 4.78 is 44.4. The molecule has 4 N–H and O–H groups in total. The molecule has 14 heteroatoms. The number of hydrogen-bond acceptors (Lipinski definition) is 14. The molecule has 0 aromatic heterocycles. The summed E-state index contributed by atoms with van der Waals surface area (Å²) in [7, 11) is 5.32. The molecule has 4 aliphatic heterocycles. The Bertz CT molecular complexity index is 1270. The van der Waals surface area contributed by atoms with Crippen molar-refractivity contribution in [3.8, 4) is 0 Å². The van der Waals surface area contributed by atoms with Gasteiger partial charge in [0.2, 0.25) is 0 Å². The lowest BCUT2D eigenvalue weighted by molar-refractivity contribution is -0.318. The zero-order chi connectivity index (χ0) is 41.4. The van der Waals surface area contributed by atoms with Crippen LogP contribution in [0.5, 0.6) is 0 Å². The maximum atomic E-state index is 14.4. The first-order chi connectivity index (χ1) is 25.5. The number of cyclic esters (lactones) is 1. The van der Waals surface area contributed by atoms with Gasteiger partial charge in [0.15, 0.2) is 12.6 Å². The molecule has 14 nitrogen and oxygen atoms in total. The average Bonchev–Trinajstić information content (AvgIpc) is 3.10. The van der Waals surface area contributed by atoms with Crippen LogP contribution in [0.4, 0.5) is 0 Å². The molecule has 4 saturated heterocycles. The Morgan fingerprint density at radius 1 is 1.02 bits per heavy atom. The van der Waals surface area contributed by atoms with Crippen molar-refractivity contribution in [3.05, 3.63) is 12.7 Å². The van der Waals surface area contributed by atoms with Gasteiger partial charge in [0.25, 0.3) is 0 Å².